The number of phosphoric ester groups is 3. The number of carbonyl (C=O) groups excluding carboxylic acids is 3. The molecule has 24 nitrogen and oxygen atoms in total. The van der Waals surface area contributed by atoms with E-state index >= 15 is 0 Å². The lowest BCUT2D eigenvalue weighted by molar-refractivity contribution is -0.347. The van der Waals surface area contributed by atoms with Crippen molar-refractivity contribution < 1.29 is 80.5 Å². The van der Waals surface area contributed by atoms with Crippen molar-refractivity contribution in [2.75, 3.05) is 37.8 Å². The van der Waals surface area contributed by atoms with Gasteiger partial charge in [-0.1, -0.05) is 116 Å². The standard InChI is InChI=1S/C39H68N7O17P3S/c1-4-5-6-7-8-9-10-11-12-13-14-15-16-17-18-19-30(48)67-23-22-41-29(47)20-21-42-37(51)34(50)39(2,3)25-60-66(57,58)63-65(55,56)59-24-28-33(62-64(52,53)54)32(49)38(61-28)46-27-45-31-35(40)43-26-44-36(31)46/h18-19,26-28,32-34,38,49-50H,4-17,20-25H2,1-3H3,(H,41,47)(H,42,51)(H,55,56)(H,57,58)(H2,40,43,44)(H2,52,53,54)/p-4/b19-18+/t28-,32-,33-,34+,38-/m1/s1. The fourth-order valence-electron chi connectivity index (χ4n) is 6.77. The average Bonchev–Trinajstić information content (AvgIpc) is 3.81. The quantitative estimate of drug-likeness (QED) is 0.0381. The zero-order chi connectivity index (χ0) is 49.7. The van der Waals surface area contributed by atoms with Crippen LogP contribution in [-0.4, -0.2) is 103 Å². The van der Waals surface area contributed by atoms with E-state index < -0.39 is 84.6 Å². The molecule has 0 aromatic carbocycles. The number of amides is 2. The van der Waals surface area contributed by atoms with Gasteiger partial charge in [-0.25, -0.2) is 19.3 Å². The minimum Gasteiger partial charge on any atom is -0.790 e. The number of anilines is 1. The smallest absolute Gasteiger partial charge is 0.274 e. The number of nitrogens with two attached hydrogens (primary N) is 1. The molecular formula is C39H64N7O17P3S-4. The van der Waals surface area contributed by atoms with E-state index in [-0.39, 0.29) is 41.6 Å². The Morgan fingerprint density at radius 2 is 1.54 bits per heavy atom. The van der Waals surface area contributed by atoms with Gasteiger partial charge in [-0.3, -0.25) is 28.1 Å². The van der Waals surface area contributed by atoms with Gasteiger partial charge in [0.2, 0.25) is 16.9 Å². The monoisotopic (exact) mass is 1030 g/mol. The molecule has 0 radical (unpaired) electrons. The number of thioether (sulfide) groups is 1. The summed E-state index contributed by atoms with van der Waals surface area (Å²) in [5, 5.41) is 26.3. The highest BCUT2D eigenvalue weighted by Crippen LogP contribution is 2.56. The molecule has 1 aliphatic heterocycles. The highest BCUT2D eigenvalue weighted by Gasteiger charge is 2.47. The minimum absolute atomic E-state index is 0.0194. The largest absolute Gasteiger partial charge is 0.790 e. The van der Waals surface area contributed by atoms with Gasteiger partial charge in [0.05, 0.1) is 27.4 Å². The second-order valence-corrected chi connectivity index (χ2v) is 21.7. The second-order valence-electron chi connectivity index (χ2n) is 16.6. The van der Waals surface area contributed by atoms with Gasteiger partial charge in [-0.15, -0.1) is 0 Å². The molecule has 1 saturated heterocycles. The number of ether oxygens (including phenoxy) is 1. The van der Waals surface area contributed by atoms with Crippen molar-refractivity contribution in [3.8, 4) is 0 Å². The van der Waals surface area contributed by atoms with E-state index in [1.807, 2.05) is 6.08 Å². The molecule has 2 aromatic heterocycles. The molecule has 0 spiro atoms. The fraction of sp³-hybridized carbons (Fsp3) is 0.744. The van der Waals surface area contributed by atoms with Crippen molar-refractivity contribution in [3.05, 3.63) is 24.8 Å². The van der Waals surface area contributed by atoms with Crippen LogP contribution in [0, 0.1) is 5.41 Å². The maximum Gasteiger partial charge on any atom is 0.274 e. The molecule has 28 heteroatoms. The molecule has 0 saturated carbocycles. The van der Waals surface area contributed by atoms with Gasteiger partial charge in [-0.2, -0.15) is 0 Å². The molecule has 1 fully saturated rings. The Morgan fingerprint density at radius 3 is 2.16 bits per heavy atom. The zero-order valence-electron chi connectivity index (χ0n) is 38.0. The Balaban J connectivity index is 1.31. The van der Waals surface area contributed by atoms with Gasteiger partial charge >= 0.3 is 0 Å². The van der Waals surface area contributed by atoms with Crippen LogP contribution < -0.4 is 35.9 Å². The Kier molecular flexibility index (Phi) is 25.2. The number of aliphatic hydroxyl groups excluding tert-OH is 2. The number of hydrogen-bond acceptors (Lipinski definition) is 22. The second kappa shape index (κ2) is 28.8. The van der Waals surface area contributed by atoms with Crippen LogP contribution in [0.15, 0.2) is 24.8 Å². The topological polar surface area (TPSA) is 375 Å². The molecule has 0 aliphatic carbocycles. The van der Waals surface area contributed by atoms with Crippen LogP contribution >= 0.6 is 35.2 Å². The zero-order valence-corrected chi connectivity index (χ0v) is 41.5. The number of aromatic nitrogens is 4. The maximum absolute atomic E-state index is 12.6. The molecule has 2 aromatic rings. The van der Waals surface area contributed by atoms with Gasteiger partial charge in [0.1, 0.15) is 36.3 Å². The van der Waals surface area contributed by atoms with Crippen molar-refractivity contribution in [1.82, 2.24) is 30.2 Å². The average molecular weight is 1030 g/mol. The number of unbranched alkanes of at least 4 members (excludes halogenated alkanes) is 13. The molecule has 3 heterocycles. The van der Waals surface area contributed by atoms with Crippen LogP contribution in [0.25, 0.3) is 11.2 Å². The highest BCUT2D eigenvalue weighted by atomic mass is 32.2. The molecule has 7 atom stereocenters. The summed E-state index contributed by atoms with van der Waals surface area (Å²) < 4.78 is 60.8. The minimum atomic E-state index is -5.92. The van der Waals surface area contributed by atoms with E-state index in [9.17, 15) is 57.9 Å². The third-order valence-electron chi connectivity index (χ3n) is 10.4. The predicted octanol–water partition coefficient (Wildman–Crippen LogP) is 2.17. The van der Waals surface area contributed by atoms with Crippen LogP contribution in [0.3, 0.4) is 0 Å². The summed E-state index contributed by atoms with van der Waals surface area (Å²) in [5.74, 6) is -1.20. The number of aliphatic hydroxyl groups is 2. The van der Waals surface area contributed by atoms with Crippen molar-refractivity contribution in [2.24, 2.45) is 5.41 Å². The van der Waals surface area contributed by atoms with Gasteiger partial charge in [0, 0.05) is 30.7 Å². The van der Waals surface area contributed by atoms with Gasteiger partial charge in [-0.05, 0) is 18.9 Å². The SMILES string of the molecule is CCCCCCCCCCCCCCC/C=C/C(=O)SCCNC(=O)CCNC(=O)[C@H](O)C(C)(C)COP(=O)([O-])OP(=O)([O-])OC[C@H]1O[C@@H](n2cnc3c(N)ncnc32)[C@H](O)[C@@H]1OP(=O)([O-])[O-]. The van der Waals surface area contributed by atoms with E-state index in [1.165, 1.54) is 84.5 Å². The van der Waals surface area contributed by atoms with Crippen molar-refractivity contribution >= 4 is 69.1 Å². The number of hydrogen-bond donors (Lipinski definition) is 5. The fourth-order valence-corrected chi connectivity index (χ4v) is 10.1. The van der Waals surface area contributed by atoms with Crippen LogP contribution in [0.1, 0.15) is 123 Å². The number of nitrogens with zero attached hydrogens (tertiary/aromatic N) is 4. The Morgan fingerprint density at radius 1 is 0.925 bits per heavy atom. The first kappa shape index (κ1) is 58.6. The van der Waals surface area contributed by atoms with Crippen LogP contribution in [0.5, 0.6) is 0 Å². The summed E-state index contributed by atoms with van der Waals surface area (Å²) in [4.78, 5) is 96.7. The number of allylic oxidation sites excluding steroid dienone is 1. The number of fused-ring (bicyclic) bond motifs is 1. The first-order valence-electron chi connectivity index (χ1n) is 22.2. The Labute approximate surface area is 394 Å². The van der Waals surface area contributed by atoms with E-state index in [2.05, 4.69) is 50.4 Å². The van der Waals surface area contributed by atoms with Crippen molar-refractivity contribution in [3.63, 3.8) is 0 Å². The Hall–Kier alpha value is -2.70. The lowest BCUT2D eigenvalue weighted by Crippen LogP contribution is -2.46. The summed E-state index contributed by atoms with van der Waals surface area (Å²) >= 11 is 1.06. The molecule has 2 amide bonds. The number of nitrogens with one attached hydrogen (secondary N) is 2. The van der Waals surface area contributed by atoms with Crippen LogP contribution in [0.4, 0.5) is 5.82 Å². The normalized spacial score (nSPS) is 20.2. The van der Waals surface area contributed by atoms with Crippen LogP contribution in [-0.2, 0) is 50.7 Å². The molecule has 382 valence electrons. The van der Waals surface area contributed by atoms with Gasteiger partial charge in [0.15, 0.2) is 17.7 Å². The summed E-state index contributed by atoms with van der Waals surface area (Å²) in [6.07, 6.45) is 13.2. The molecule has 2 unspecified atom stereocenters. The maximum atomic E-state index is 12.6. The lowest BCUT2D eigenvalue weighted by atomic mass is 9.87. The Bertz CT molecular complexity index is 2040. The van der Waals surface area contributed by atoms with Gasteiger partial charge < -0.3 is 69.0 Å². The number of phosphoric acid groups is 3. The summed E-state index contributed by atoms with van der Waals surface area (Å²) in [6, 6.07) is 0. The highest BCUT2D eigenvalue weighted by molar-refractivity contribution is 8.14. The number of rotatable bonds is 34. The molecule has 3 rings (SSSR count). The first-order chi connectivity index (χ1) is 31.6. The first-order valence-corrected chi connectivity index (χ1v) is 27.6. The van der Waals surface area contributed by atoms with Crippen molar-refractivity contribution in [2.45, 2.75) is 148 Å². The summed E-state index contributed by atoms with van der Waals surface area (Å²) in [7, 11) is -17.6. The van der Waals surface area contributed by atoms with E-state index in [0.29, 0.717) is 5.75 Å². The van der Waals surface area contributed by atoms with E-state index in [0.717, 1.165) is 48.2 Å². The molecule has 1 aliphatic rings. The van der Waals surface area contributed by atoms with Gasteiger partial charge in [0.25, 0.3) is 15.6 Å². The van der Waals surface area contributed by atoms with E-state index in [1.54, 1.807) is 6.08 Å². The lowest BCUT2D eigenvalue weighted by Gasteiger charge is -2.36. The molecular weight excluding hydrogens is 963 g/mol. The van der Waals surface area contributed by atoms with E-state index in [4.69, 9.17) is 10.5 Å². The summed E-state index contributed by atoms with van der Waals surface area (Å²) in [6.45, 7) is 2.36. The number of nitrogen functional groups attached to an aromatic ring is 1. The molecule has 67 heavy (non-hydrogen) atoms. The number of carbonyl (C=O) groups is 3. The predicted molar refractivity (Wildman–Crippen MR) is 238 cm³/mol. The van der Waals surface area contributed by atoms with Crippen LogP contribution in [0.2, 0.25) is 0 Å². The third-order valence-corrected chi connectivity index (χ3v) is 14.3. The number of imidazole rings is 1. The van der Waals surface area contributed by atoms with Crippen molar-refractivity contribution in [1.29, 1.82) is 0 Å². The third kappa shape index (κ3) is 21.9. The summed E-state index contributed by atoms with van der Waals surface area (Å²) in [5.41, 5.74) is 4.09. The molecule has 6 N–H and O–H groups in total. The molecule has 0 bridgehead atoms.